The third-order valence-corrected chi connectivity index (χ3v) is 4.91. The lowest BCUT2D eigenvalue weighted by atomic mass is 10.1. The van der Waals surface area contributed by atoms with Crippen molar-refractivity contribution in [2.24, 2.45) is 11.7 Å². The van der Waals surface area contributed by atoms with Crippen LogP contribution < -0.4 is 5.73 Å². The topological polar surface area (TPSA) is 26.0 Å². The Morgan fingerprint density at radius 1 is 1.31 bits per heavy atom. The molecule has 0 unspecified atom stereocenters. The minimum Gasteiger partial charge on any atom is -0.326 e. The van der Waals surface area contributed by atoms with Crippen LogP contribution in [0.5, 0.6) is 0 Å². The highest BCUT2D eigenvalue weighted by Gasteiger charge is 2.16. The standard InChI is InChI=1S/C13H18ClNS/c14-12-6-3-7-13(11(12)8-15)16-9-10-4-1-2-5-10/h3,6-7,10H,1-2,4-5,8-9,15H2. The molecule has 1 nitrogen and oxygen atoms in total. The van der Waals surface area contributed by atoms with Crippen molar-refractivity contribution in [1.29, 1.82) is 0 Å². The van der Waals surface area contributed by atoms with Gasteiger partial charge >= 0.3 is 0 Å². The maximum atomic E-state index is 6.13. The lowest BCUT2D eigenvalue weighted by Crippen LogP contribution is -2.01. The van der Waals surface area contributed by atoms with Crippen LogP contribution in [0.4, 0.5) is 0 Å². The van der Waals surface area contributed by atoms with E-state index in [-0.39, 0.29) is 0 Å². The molecule has 0 spiro atoms. The third kappa shape index (κ3) is 2.93. The van der Waals surface area contributed by atoms with Crippen LogP contribution in [0.15, 0.2) is 23.1 Å². The number of rotatable bonds is 4. The summed E-state index contributed by atoms with van der Waals surface area (Å²) in [5.74, 6) is 2.11. The molecular formula is C13H18ClNS. The van der Waals surface area contributed by atoms with Gasteiger partial charge in [-0.3, -0.25) is 0 Å². The Morgan fingerprint density at radius 3 is 2.75 bits per heavy atom. The number of hydrogen-bond acceptors (Lipinski definition) is 2. The molecule has 16 heavy (non-hydrogen) atoms. The van der Waals surface area contributed by atoms with Gasteiger partial charge in [-0.15, -0.1) is 11.8 Å². The molecular weight excluding hydrogens is 238 g/mol. The fourth-order valence-electron chi connectivity index (χ4n) is 2.26. The van der Waals surface area contributed by atoms with Gasteiger partial charge in [-0.2, -0.15) is 0 Å². The highest BCUT2D eigenvalue weighted by Crippen LogP contribution is 2.34. The van der Waals surface area contributed by atoms with Gasteiger partial charge in [0, 0.05) is 22.2 Å². The first-order valence-electron chi connectivity index (χ1n) is 5.91. The summed E-state index contributed by atoms with van der Waals surface area (Å²) in [4.78, 5) is 1.27. The quantitative estimate of drug-likeness (QED) is 0.821. The van der Waals surface area contributed by atoms with Gasteiger partial charge in [0.1, 0.15) is 0 Å². The van der Waals surface area contributed by atoms with Crippen LogP contribution in [0.1, 0.15) is 31.2 Å². The van der Waals surface area contributed by atoms with E-state index in [1.165, 1.54) is 36.3 Å². The Bertz CT molecular complexity index is 348. The third-order valence-electron chi connectivity index (χ3n) is 3.23. The fraction of sp³-hybridized carbons (Fsp3) is 0.538. The fourth-order valence-corrected chi connectivity index (χ4v) is 3.86. The predicted octanol–water partition coefficient (Wildman–Crippen LogP) is 4.08. The Labute approximate surface area is 107 Å². The van der Waals surface area contributed by atoms with E-state index in [2.05, 4.69) is 6.07 Å². The average molecular weight is 256 g/mol. The van der Waals surface area contributed by atoms with Gasteiger partial charge < -0.3 is 5.73 Å². The van der Waals surface area contributed by atoms with Crippen LogP contribution >= 0.6 is 23.4 Å². The molecule has 2 rings (SSSR count). The number of thioether (sulfide) groups is 1. The summed E-state index contributed by atoms with van der Waals surface area (Å²) in [5.41, 5.74) is 6.84. The van der Waals surface area contributed by atoms with Crippen LogP contribution in [-0.4, -0.2) is 5.75 Å². The molecule has 1 aliphatic carbocycles. The Kier molecular flexibility index (Phi) is 4.56. The molecule has 0 atom stereocenters. The first-order chi connectivity index (χ1) is 7.81. The predicted molar refractivity (Wildman–Crippen MR) is 72.0 cm³/mol. The normalized spacial score (nSPS) is 16.9. The van der Waals surface area contributed by atoms with Crippen LogP contribution in [0.25, 0.3) is 0 Å². The molecule has 1 aromatic carbocycles. The van der Waals surface area contributed by atoms with E-state index in [4.69, 9.17) is 17.3 Å². The highest BCUT2D eigenvalue weighted by molar-refractivity contribution is 7.99. The first-order valence-corrected chi connectivity index (χ1v) is 7.28. The van der Waals surface area contributed by atoms with E-state index in [0.29, 0.717) is 6.54 Å². The molecule has 0 saturated heterocycles. The summed E-state index contributed by atoms with van der Waals surface area (Å²) in [7, 11) is 0. The number of hydrogen-bond donors (Lipinski definition) is 1. The van der Waals surface area contributed by atoms with E-state index >= 15 is 0 Å². The van der Waals surface area contributed by atoms with Gasteiger partial charge in [0.15, 0.2) is 0 Å². The summed E-state index contributed by atoms with van der Waals surface area (Å²) >= 11 is 8.05. The summed E-state index contributed by atoms with van der Waals surface area (Å²) < 4.78 is 0. The molecule has 3 heteroatoms. The second-order valence-corrected chi connectivity index (χ2v) is 5.85. The van der Waals surface area contributed by atoms with Crippen molar-refractivity contribution in [2.75, 3.05) is 5.75 Å². The van der Waals surface area contributed by atoms with Crippen molar-refractivity contribution < 1.29 is 0 Å². The van der Waals surface area contributed by atoms with Crippen LogP contribution in [0.2, 0.25) is 5.02 Å². The molecule has 2 N–H and O–H groups in total. The first kappa shape index (κ1) is 12.3. The van der Waals surface area contributed by atoms with E-state index in [1.807, 2.05) is 23.9 Å². The second kappa shape index (κ2) is 5.95. The van der Waals surface area contributed by atoms with Crippen LogP contribution in [-0.2, 0) is 6.54 Å². The summed E-state index contributed by atoms with van der Waals surface area (Å²) in [5, 5.41) is 0.805. The van der Waals surface area contributed by atoms with Crippen molar-refractivity contribution in [1.82, 2.24) is 0 Å². The second-order valence-electron chi connectivity index (χ2n) is 4.38. The Balaban J connectivity index is 2.00. The zero-order chi connectivity index (χ0) is 11.4. The van der Waals surface area contributed by atoms with Gasteiger partial charge in [-0.05, 0) is 36.5 Å². The lowest BCUT2D eigenvalue weighted by Gasteiger charge is -2.12. The number of nitrogens with two attached hydrogens (primary N) is 1. The summed E-state index contributed by atoms with van der Waals surface area (Å²) in [6.07, 6.45) is 5.60. The van der Waals surface area contributed by atoms with E-state index < -0.39 is 0 Å². The van der Waals surface area contributed by atoms with E-state index in [1.54, 1.807) is 0 Å². The van der Waals surface area contributed by atoms with Crippen molar-refractivity contribution >= 4 is 23.4 Å². The van der Waals surface area contributed by atoms with Crippen molar-refractivity contribution in [3.8, 4) is 0 Å². The maximum Gasteiger partial charge on any atom is 0.0462 e. The number of benzene rings is 1. The molecule has 1 aliphatic rings. The molecule has 0 heterocycles. The van der Waals surface area contributed by atoms with Gasteiger partial charge in [0.2, 0.25) is 0 Å². The molecule has 0 aromatic heterocycles. The molecule has 1 fully saturated rings. The largest absolute Gasteiger partial charge is 0.326 e. The average Bonchev–Trinajstić information content (AvgIpc) is 2.79. The van der Waals surface area contributed by atoms with Gasteiger partial charge in [-0.1, -0.05) is 30.5 Å². The van der Waals surface area contributed by atoms with Crippen molar-refractivity contribution in [2.45, 2.75) is 37.1 Å². The van der Waals surface area contributed by atoms with Crippen LogP contribution in [0, 0.1) is 5.92 Å². The molecule has 1 aromatic rings. The van der Waals surface area contributed by atoms with E-state index in [0.717, 1.165) is 16.5 Å². The molecule has 0 amide bonds. The summed E-state index contributed by atoms with van der Waals surface area (Å²) in [6.45, 7) is 0.534. The van der Waals surface area contributed by atoms with Gasteiger partial charge in [0.25, 0.3) is 0 Å². The van der Waals surface area contributed by atoms with Gasteiger partial charge in [0.05, 0.1) is 0 Å². The smallest absolute Gasteiger partial charge is 0.0462 e. The summed E-state index contributed by atoms with van der Waals surface area (Å²) in [6, 6.07) is 6.07. The minimum atomic E-state index is 0.534. The monoisotopic (exact) mass is 255 g/mol. The van der Waals surface area contributed by atoms with Crippen molar-refractivity contribution in [3.63, 3.8) is 0 Å². The van der Waals surface area contributed by atoms with Crippen LogP contribution in [0.3, 0.4) is 0 Å². The Morgan fingerprint density at radius 2 is 2.06 bits per heavy atom. The molecule has 0 aliphatic heterocycles. The Hall–Kier alpha value is -0.180. The molecule has 88 valence electrons. The highest BCUT2D eigenvalue weighted by atomic mass is 35.5. The molecule has 0 radical (unpaired) electrons. The molecule has 1 saturated carbocycles. The van der Waals surface area contributed by atoms with Gasteiger partial charge in [-0.25, -0.2) is 0 Å². The minimum absolute atomic E-state index is 0.534. The SMILES string of the molecule is NCc1c(Cl)cccc1SCC1CCCC1. The van der Waals surface area contributed by atoms with Crippen molar-refractivity contribution in [3.05, 3.63) is 28.8 Å². The lowest BCUT2D eigenvalue weighted by molar-refractivity contribution is 0.623. The van der Waals surface area contributed by atoms with E-state index in [9.17, 15) is 0 Å². The maximum absolute atomic E-state index is 6.13. The molecule has 0 bridgehead atoms. The zero-order valence-electron chi connectivity index (χ0n) is 9.42. The zero-order valence-corrected chi connectivity index (χ0v) is 11.0. The number of halogens is 1.